The summed E-state index contributed by atoms with van der Waals surface area (Å²) >= 11 is 0. The van der Waals surface area contributed by atoms with Crippen molar-refractivity contribution in [1.82, 2.24) is 0 Å². The van der Waals surface area contributed by atoms with Crippen molar-refractivity contribution in [3.63, 3.8) is 0 Å². The molecular formula is C13H15F3O. The fraction of sp³-hybridized carbons (Fsp3) is 0.462. The maximum absolute atomic E-state index is 11.9. The Morgan fingerprint density at radius 2 is 1.82 bits per heavy atom. The molecule has 0 aliphatic rings. The van der Waals surface area contributed by atoms with Gasteiger partial charge in [0.15, 0.2) is 5.78 Å². The van der Waals surface area contributed by atoms with Gasteiger partial charge in [-0.3, -0.25) is 4.79 Å². The molecule has 17 heavy (non-hydrogen) atoms. The van der Waals surface area contributed by atoms with Gasteiger partial charge in [0, 0.05) is 18.4 Å². The van der Waals surface area contributed by atoms with Crippen molar-refractivity contribution >= 4 is 5.78 Å². The SMILES string of the molecule is Cc1ccc(C(=O)CCCC(F)(F)F)cc1C. The fourth-order valence-electron chi connectivity index (χ4n) is 1.51. The number of ketones is 1. The van der Waals surface area contributed by atoms with Crippen molar-refractivity contribution in [2.75, 3.05) is 0 Å². The Bertz CT molecular complexity index is 408. The monoisotopic (exact) mass is 244 g/mol. The van der Waals surface area contributed by atoms with E-state index < -0.39 is 12.6 Å². The zero-order valence-corrected chi connectivity index (χ0v) is 9.90. The Morgan fingerprint density at radius 3 is 2.35 bits per heavy atom. The summed E-state index contributed by atoms with van der Waals surface area (Å²) < 4.78 is 35.7. The largest absolute Gasteiger partial charge is 0.389 e. The van der Waals surface area contributed by atoms with Gasteiger partial charge in [0.1, 0.15) is 0 Å². The summed E-state index contributed by atoms with van der Waals surface area (Å²) in [5.74, 6) is -0.225. The predicted octanol–water partition coefficient (Wildman–Crippen LogP) is 4.22. The summed E-state index contributed by atoms with van der Waals surface area (Å²) in [7, 11) is 0. The highest BCUT2D eigenvalue weighted by Gasteiger charge is 2.26. The average molecular weight is 244 g/mol. The first kappa shape index (κ1) is 13.7. The normalized spacial score (nSPS) is 11.6. The molecule has 0 bridgehead atoms. The van der Waals surface area contributed by atoms with Crippen LogP contribution in [-0.4, -0.2) is 12.0 Å². The molecule has 4 heteroatoms. The van der Waals surface area contributed by atoms with E-state index in [1.807, 2.05) is 19.9 Å². The van der Waals surface area contributed by atoms with Gasteiger partial charge < -0.3 is 0 Å². The summed E-state index contributed by atoms with van der Waals surface area (Å²) in [5, 5.41) is 0. The van der Waals surface area contributed by atoms with Gasteiger partial charge >= 0.3 is 6.18 Å². The van der Waals surface area contributed by atoms with Crippen LogP contribution in [0, 0.1) is 13.8 Å². The van der Waals surface area contributed by atoms with Crippen LogP contribution in [0.5, 0.6) is 0 Å². The molecule has 0 amide bonds. The van der Waals surface area contributed by atoms with Gasteiger partial charge in [0.25, 0.3) is 0 Å². The van der Waals surface area contributed by atoms with Crippen LogP contribution in [0.1, 0.15) is 40.7 Å². The first-order valence-corrected chi connectivity index (χ1v) is 5.47. The van der Waals surface area contributed by atoms with Crippen molar-refractivity contribution < 1.29 is 18.0 Å². The van der Waals surface area contributed by atoms with Crippen LogP contribution in [0.25, 0.3) is 0 Å². The molecule has 0 aromatic heterocycles. The quantitative estimate of drug-likeness (QED) is 0.725. The van der Waals surface area contributed by atoms with Gasteiger partial charge in [-0.15, -0.1) is 0 Å². The second-order valence-corrected chi connectivity index (χ2v) is 4.19. The molecule has 0 radical (unpaired) electrons. The molecule has 0 heterocycles. The Kier molecular flexibility index (Phi) is 4.32. The zero-order valence-electron chi connectivity index (χ0n) is 9.90. The van der Waals surface area contributed by atoms with Crippen LogP contribution in [-0.2, 0) is 0 Å². The molecular weight excluding hydrogens is 229 g/mol. The van der Waals surface area contributed by atoms with E-state index in [9.17, 15) is 18.0 Å². The van der Waals surface area contributed by atoms with E-state index in [4.69, 9.17) is 0 Å². The van der Waals surface area contributed by atoms with Gasteiger partial charge in [0.05, 0.1) is 0 Å². The van der Waals surface area contributed by atoms with E-state index >= 15 is 0 Å². The number of Topliss-reactive ketones (excluding diaryl/α,β-unsaturated/α-hetero) is 1. The summed E-state index contributed by atoms with van der Waals surface area (Å²) in [6.07, 6.45) is -5.27. The van der Waals surface area contributed by atoms with Crippen molar-refractivity contribution in [3.8, 4) is 0 Å². The molecule has 0 unspecified atom stereocenters. The first-order chi connectivity index (χ1) is 7.79. The van der Waals surface area contributed by atoms with Crippen molar-refractivity contribution in [2.24, 2.45) is 0 Å². The lowest BCUT2D eigenvalue weighted by Gasteiger charge is -2.06. The number of hydrogen-bond donors (Lipinski definition) is 0. The number of aryl methyl sites for hydroxylation is 2. The minimum absolute atomic E-state index is 0.0536. The molecule has 0 aliphatic carbocycles. The van der Waals surface area contributed by atoms with Crippen LogP contribution >= 0.6 is 0 Å². The summed E-state index contributed by atoms with van der Waals surface area (Å²) in [4.78, 5) is 11.6. The number of carbonyl (C=O) groups is 1. The molecule has 0 aliphatic heterocycles. The molecule has 0 saturated carbocycles. The van der Waals surface area contributed by atoms with E-state index in [1.54, 1.807) is 12.1 Å². The molecule has 1 aromatic carbocycles. The molecule has 1 rings (SSSR count). The molecule has 0 saturated heterocycles. The Morgan fingerprint density at radius 1 is 1.18 bits per heavy atom. The topological polar surface area (TPSA) is 17.1 Å². The van der Waals surface area contributed by atoms with Gasteiger partial charge in [-0.05, 0) is 37.5 Å². The number of carbonyl (C=O) groups excluding carboxylic acids is 1. The van der Waals surface area contributed by atoms with Crippen molar-refractivity contribution in [1.29, 1.82) is 0 Å². The molecule has 1 aromatic rings. The van der Waals surface area contributed by atoms with E-state index in [0.29, 0.717) is 5.56 Å². The van der Waals surface area contributed by atoms with Gasteiger partial charge in [-0.25, -0.2) is 0 Å². The molecule has 1 nitrogen and oxygen atoms in total. The van der Waals surface area contributed by atoms with E-state index in [-0.39, 0.29) is 18.6 Å². The summed E-state index contributed by atoms with van der Waals surface area (Å²) in [6.45, 7) is 3.80. The lowest BCUT2D eigenvalue weighted by atomic mass is 10.0. The van der Waals surface area contributed by atoms with Gasteiger partial charge in [-0.2, -0.15) is 13.2 Å². The number of benzene rings is 1. The second kappa shape index (κ2) is 5.34. The molecule has 0 spiro atoms. The smallest absolute Gasteiger partial charge is 0.294 e. The molecule has 0 N–H and O–H groups in total. The highest BCUT2D eigenvalue weighted by molar-refractivity contribution is 5.96. The number of rotatable bonds is 4. The molecule has 0 atom stereocenters. The third-order valence-electron chi connectivity index (χ3n) is 2.69. The first-order valence-electron chi connectivity index (χ1n) is 5.47. The average Bonchev–Trinajstić information content (AvgIpc) is 2.20. The lowest BCUT2D eigenvalue weighted by Crippen LogP contribution is -2.08. The van der Waals surface area contributed by atoms with Crippen molar-refractivity contribution in [2.45, 2.75) is 39.3 Å². The van der Waals surface area contributed by atoms with Crippen molar-refractivity contribution in [3.05, 3.63) is 34.9 Å². The minimum Gasteiger partial charge on any atom is -0.294 e. The van der Waals surface area contributed by atoms with Crippen LogP contribution in [0.15, 0.2) is 18.2 Å². The van der Waals surface area contributed by atoms with Gasteiger partial charge in [-0.1, -0.05) is 12.1 Å². The van der Waals surface area contributed by atoms with Gasteiger partial charge in [0.2, 0.25) is 0 Å². The van der Waals surface area contributed by atoms with E-state index in [0.717, 1.165) is 11.1 Å². The fourth-order valence-corrected chi connectivity index (χ4v) is 1.51. The Hall–Kier alpha value is -1.32. The minimum atomic E-state index is -4.18. The van der Waals surface area contributed by atoms with E-state index in [2.05, 4.69) is 0 Å². The standard InChI is InChI=1S/C13H15F3O/c1-9-5-6-11(8-10(9)2)12(17)4-3-7-13(14,15)16/h5-6,8H,3-4,7H2,1-2H3. The third kappa shape index (κ3) is 4.59. The number of alkyl halides is 3. The second-order valence-electron chi connectivity index (χ2n) is 4.19. The van der Waals surface area contributed by atoms with Crippen LogP contribution in [0.3, 0.4) is 0 Å². The Balaban J connectivity index is 2.56. The van der Waals surface area contributed by atoms with Crippen LogP contribution in [0.4, 0.5) is 13.2 Å². The number of halogens is 3. The molecule has 94 valence electrons. The zero-order chi connectivity index (χ0) is 13.1. The maximum Gasteiger partial charge on any atom is 0.389 e. The van der Waals surface area contributed by atoms with Crippen LogP contribution in [0.2, 0.25) is 0 Å². The molecule has 0 fully saturated rings. The van der Waals surface area contributed by atoms with E-state index in [1.165, 1.54) is 0 Å². The lowest BCUT2D eigenvalue weighted by molar-refractivity contribution is -0.135. The highest BCUT2D eigenvalue weighted by Crippen LogP contribution is 2.23. The highest BCUT2D eigenvalue weighted by atomic mass is 19.4. The summed E-state index contributed by atoms with van der Waals surface area (Å²) in [6, 6.07) is 5.20. The third-order valence-corrected chi connectivity index (χ3v) is 2.69. The number of hydrogen-bond acceptors (Lipinski definition) is 1. The summed E-state index contributed by atoms with van der Waals surface area (Å²) in [5.41, 5.74) is 2.54. The predicted molar refractivity (Wildman–Crippen MR) is 60.2 cm³/mol. The van der Waals surface area contributed by atoms with Crippen LogP contribution < -0.4 is 0 Å². The Labute approximate surface area is 98.6 Å². The maximum atomic E-state index is 11.9.